The summed E-state index contributed by atoms with van der Waals surface area (Å²) in [6.45, 7) is 1.17. The first kappa shape index (κ1) is 14.2. The highest BCUT2D eigenvalue weighted by atomic mass is 35.5. The molecule has 1 fully saturated rings. The maximum atomic E-state index is 10.5. The van der Waals surface area contributed by atoms with Crippen molar-refractivity contribution in [3.05, 3.63) is 24.0 Å². The van der Waals surface area contributed by atoms with E-state index in [0.717, 1.165) is 36.4 Å². The Balaban J connectivity index is 1.89. The SMILES string of the molecule is O=C(O)COc1ccc2c(c1)nc(CCl)n2CC1CCO1. The van der Waals surface area contributed by atoms with Crippen LogP contribution in [0, 0.1) is 0 Å². The Morgan fingerprint density at radius 1 is 1.57 bits per heavy atom. The monoisotopic (exact) mass is 310 g/mol. The number of rotatable bonds is 6. The predicted octanol–water partition coefficient (Wildman–Crippen LogP) is 2.03. The molecule has 7 heteroatoms. The van der Waals surface area contributed by atoms with Crippen LogP contribution in [0.5, 0.6) is 5.75 Å². The maximum Gasteiger partial charge on any atom is 0.341 e. The van der Waals surface area contributed by atoms with E-state index in [-0.39, 0.29) is 12.7 Å². The van der Waals surface area contributed by atoms with Gasteiger partial charge in [-0.15, -0.1) is 11.6 Å². The zero-order chi connectivity index (χ0) is 14.8. The number of nitrogens with zero attached hydrogens (tertiary/aromatic N) is 2. The largest absolute Gasteiger partial charge is 0.482 e. The van der Waals surface area contributed by atoms with Gasteiger partial charge in [-0.05, 0) is 18.6 Å². The fourth-order valence-corrected chi connectivity index (χ4v) is 2.54. The van der Waals surface area contributed by atoms with Crippen LogP contribution in [0.3, 0.4) is 0 Å². The van der Waals surface area contributed by atoms with E-state index in [0.29, 0.717) is 11.6 Å². The number of alkyl halides is 1. The van der Waals surface area contributed by atoms with E-state index in [1.54, 1.807) is 12.1 Å². The zero-order valence-corrected chi connectivity index (χ0v) is 12.0. The molecule has 0 spiro atoms. The van der Waals surface area contributed by atoms with Gasteiger partial charge >= 0.3 is 5.97 Å². The van der Waals surface area contributed by atoms with Gasteiger partial charge in [0, 0.05) is 12.7 Å². The normalized spacial score (nSPS) is 17.7. The topological polar surface area (TPSA) is 73.6 Å². The Morgan fingerprint density at radius 3 is 3.00 bits per heavy atom. The summed E-state index contributed by atoms with van der Waals surface area (Å²) in [6, 6.07) is 5.34. The van der Waals surface area contributed by atoms with Gasteiger partial charge in [-0.3, -0.25) is 0 Å². The van der Waals surface area contributed by atoms with Gasteiger partial charge in [0.25, 0.3) is 0 Å². The minimum Gasteiger partial charge on any atom is -0.482 e. The fourth-order valence-electron chi connectivity index (χ4n) is 2.33. The van der Waals surface area contributed by atoms with E-state index < -0.39 is 5.97 Å². The Hall–Kier alpha value is -1.79. The lowest BCUT2D eigenvalue weighted by molar-refractivity contribution is -0.139. The predicted molar refractivity (Wildman–Crippen MR) is 76.8 cm³/mol. The van der Waals surface area contributed by atoms with Crippen LogP contribution in [-0.2, 0) is 22.0 Å². The quantitative estimate of drug-likeness (QED) is 0.826. The van der Waals surface area contributed by atoms with Gasteiger partial charge in [0.2, 0.25) is 0 Å². The lowest BCUT2D eigenvalue weighted by Crippen LogP contribution is -2.31. The van der Waals surface area contributed by atoms with Crippen molar-refractivity contribution in [2.45, 2.75) is 24.9 Å². The van der Waals surface area contributed by atoms with Crippen LogP contribution < -0.4 is 4.74 Å². The smallest absolute Gasteiger partial charge is 0.341 e. The maximum absolute atomic E-state index is 10.5. The number of aliphatic carboxylic acids is 1. The van der Waals surface area contributed by atoms with Crippen molar-refractivity contribution in [3.63, 3.8) is 0 Å². The second-order valence-electron chi connectivity index (χ2n) is 4.89. The van der Waals surface area contributed by atoms with Crippen LogP contribution in [0.2, 0.25) is 0 Å². The molecular weight excluding hydrogens is 296 g/mol. The van der Waals surface area contributed by atoms with Gasteiger partial charge in [-0.25, -0.2) is 9.78 Å². The fraction of sp³-hybridized carbons (Fsp3) is 0.429. The molecule has 1 aromatic heterocycles. The van der Waals surface area contributed by atoms with E-state index in [1.165, 1.54) is 0 Å². The number of fused-ring (bicyclic) bond motifs is 1. The lowest BCUT2D eigenvalue weighted by atomic mass is 10.2. The van der Waals surface area contributed by atoms with Crippen molar-refractivity contribution >= 4 is 28.6 Å². The molecule has 2 aromatic rings. The first-order chi connectivity index (χ1) is 10.2. The summed E-state index contributed by atoms with van der Waals surface area (Å²) in [7, 11) is 0. The highest BCUT2D eigenvalue weighted by Crippen LogP contribution is 2.25. The van der Waals surface area contributed by atoms with Crippen LogP contribution in [0.25, 0.3) is 11.0 Å². The van der Waals surface area contributed by atoms with Crippen molar-refractivity contribution in [1.82, 2.24) is 9.55 Å². The number of benzene rings is 1. The molecule has 0 saturated carbocycles. The average Bonchev–Trinajstić information content (AvgIpc) is 2.77. The van der Waals surface area contributed by atoms with Crippen LogP contribution in [-0.4, -0.2) is 39.9 Å². The molecule has 0 amide bonds. The van der Waals surface area contributed by atoms with Crippen LogP contribution in [0.15, 0.2) is 18.2 Å². The molecule has 1 aliphatic heterocycles. The second-order valence-corrected chi connectivity index (χ2v) is 5.15. The summed E-state index contributed by atoms with van der Waals surface area (Å²) in [5.74, 6) is 0.560. The average molecular weight is 311 g/mol. The molecular formula is C14H15ClN2O4. The van der Waals surface area contributed by atoms with Crippen LogP contribution in [0.1, 0.15) is 12.2 Å². The number of carbonyl (C=O) groups is 1. The molecule has 0 bridgehead atoms. The van der Waals surface area contributed by atoms with E-state index in [2.05, 4.69) is 4.98 Å². The van der Waals surface area contributed by atoms with Gasteiger partial charge < -0.3 is 19.1 Å². The molecule has 1 atom stereocenters. The molecule has 3 rings (SSSR count). The van der Waals surface area contributed by atoms with E-state index in [9.17, 15) is 4.79 Å². The number of hydrogen-bond donors (Lipinski definition) is 1. The number of halogens is 1. The summed E-state index contributed by atoms with van der Waals surface area (Å²) in [6.07, 6.45) is 1.26. The molecule has 1 aromatic carbocycles. The standard InChI is InChI=1S/C14H15ClN2O4/c15-6-13-16-11-5-9(21-8-14(18)19)1-2-12(11)17(13)7-10-3-4-20-10/h1-2,5,10H,3-4,6-8H2,(H,18,19). The summed E-state index contributed by atoms with van der Waals surface area (Å²) in [4.78, 5) is 15.0. The van der Waals surface area contributed by atoms with Crippen molar-refractivity contribution in [3.8, 4) is 5.75 Å². The third-order valence-electron chi connectivity index (χ3n) is 3.46. The van der Waals surface area contributed by atoms with Crippen LogP contribution in [0.4, 0.5) is 0 Å². The number of hydrogen-bond acceptors (Lipinski definition) is 4. The van der Waals surface area contributed by atoms with Crippen molar-refractivity contribution < 1.29 is 19.4 Å². The molecule has 1 unspecified atom stereocenters. The minimum absolute atomic E-state index is 0.215. The molecule has 0 radical (unpaired) electrons. The van der Waals surface area contributed by atoms with E-state index in [4.69, 9.17) is 26.2 Å². The lowest BCUT2D eigenvalue weighted by Gasteiger charge is -2.27. The van der Waals surface area contributed by atoms with Crippen molar-refractivity contribution in [2.75, 3.05) is 13.2 Å². The molecule has 112 valence electrons. The van der Waals surface area contributed by atoms with Crippen LogP contribution >= 0.6 is 11.6 Å². The van der Waals surface area contributed by atoms with E-state index >= 15 is 0 Å². The van der Waals surface area contributed by atoms with Gasteiger partial charge in [0.1, 0.15) is 11.6 Å². The van der Waals surface area contributed by atoms with Gasteiger partial charge in [0.15, 0.2) is 6.61 Å². The molecule has 2 heterocycles. The Morgan fingerprint density at radius 2 is 2.38 bits per heavy atom. The minimum atomic E-state index is -1.01. The van der Waals surface area contributed by atoms with E-state index in [1.807, 2.05) is 10.6 Å². The van der Waals surface area contributed by atoms with Crippen molar-refractivity contribution in [2.24, 2.45) is 0 Å². The highest BCUT2D eigenvalue weighted by Gasteiger charge is 2.21. The first-order valence-electron chi connectivity index (χ1n) is 6.68. The Labute approximate surface area is 126 Å². The number of ether oxygens (including phenoxy) is 2. The third kappa shape index (κ3) is 2.96. The Kier molecular flexibility index (Phi) is 3.98. The summed E-state index contributed by atoms with van der Waals surface area (Å²) >= 11 is 5.96. The second kappa shape index (κ2) is 5.91. The summed E-state index contributed by atoms with van der Waals surface area (Å²) in [5, 5.41) is 8.63. The molecule has 21 heavy (non-hydrogen) atoms. The van der Waals surface area contributed by atoms with Gasteiger partial charge in [0.05, 0.1) is 29.6 Å². The number of imidazole rings is 1. The molecule has 1 N–H and O–H groups in total. The molecule has 1 aliphatic rings. The molecule has 6 nitrogen and oxygen atoms in total. The number of aromatic nitrogens is 2. The molecule has 1 saturated heterocycles. The summed E-state index contributed by atoms with van der Waals surface area (Å²) in [5.41, 5.74) is 1.69. The first-order valence-corrected chi connectivity index (χ1v) is 7.22. The summed E-state index contributed by atoms with van der Waals surface area (Å²) < 4.78 is 12.7. The third-order valence-corrected chi connectivity index (χ3v) is 3.70. The van der Waals surface area contributed by atoms with Gasteiger partial charge in [-0.1, -0.05) is 0 Å². The molecule has 0 aliphatic carbocycles. The van der Waals surface area contributed by atoms with Gasteiger partial charge in [-0.2, -0.15) is 0 Å². The highest BCUT2D eigenvalue weighted by molar-refractivity contribution is 6.16. The number of carboxylic acids is 1. The zero-order valence-electron chi connectivity index (χ0n) is 11.3. The Bertz CT molecular complexity index is 666. The number of carboxylic acid groups (broad SMARTS) is 1. The van der Waals surface area contributed by atoms with Crippen molar-refractivity contribution in [1.29, 1.82) is 0 Å².